The topological polar surface area (TPSA) is 83.6 Å². The summed E-state index contributed by atoms with van der Waals surface area (Å²) >= 11 is 0. The molecule has 1 aromatic carbocycles. The van der Waals surface area contributed by atoms with Crippen LogP contribution < -0.4 is 11.2 Å². The largest absolute Gasteiger partial charge is 0.489 e. The van der Waals surface area contributed by atoms with Crippen molar-refractivity contribution >= 4 is 18.5 Å². The van der Waals surface area contributed by atoms with Crippen LogP contribution in [0.5, 0.6) is 0 Å². The molecule has 0 unspecified atom stereocenters. The summed E-state index contributed by atoms with van der Waals surface area (Å²) in [7, 11) is -1.91. The van der Waals surface area contributed by atoms with Crippen LogP contribution in [0.1, 0.15) is 15.9 Å². The van der Waals surface area contributed by atoms with Crippen molar-refractivity contribution < 1.29 is 19.2 Å². The Morgan fingerprint density at radius 1 is 1.50 bits per heavy atom. The van der Waals surface area contributed by atoms with Gasteiger partial charge in [-0.3, -0.25) is 4.79 Å². The lowest BCUT2D eigenvalue weighted by Crippen LogP contribution is -2.37. The van der Waals surface area contributed by atoms with Crippen molar-refractivity contribution in [3.05, 3.63) is 29.1 Å². The van der Waals surface area contributed by atoms with Crippen LogP contribution in [-0.4, -0.2) is 23.1 Å². The lowest BCUT2D eigenvalue weighted by Gasteiger charge is -2.07. The summed E-state index contributed by atoms with van der Waals surface area (Å²) in [6.45, 7) is 1.57. The number of carbonyl (C=O) groups is 1. The molecular formula is C8H9BFNO3. The third-order valence-electron chi connectivity index (χ3n) is 1.79. The van der Waals surface area contributed by atoms with E-state index in [-0.39, 0.29) is 5.46 Å². The van der Waals surface area contributed by atoms with Crippen LogP contribution in [0.15, 0.2) is 12.1 Å². The summed E-state index contributed by atoms with van der Waals surface area (Å²) < 4.78 is 13.2. The molecule has 0 heterocycles. The zero-order chi connectivity index (χ0) is 10.9. The molecule has 74 valence electrons. The number of hydrogen-bond donors (Lipinski definition) is 3. The molecular weight excluding hydrogens is 188 g/mol. The van der Waals surface area contributed by atoms with Gasteiger partial charge in [0.15, 0.2) is 0 Å². The summed E-state index contributed by atoms with van der Waals surface area (Å²) in [5.74, 6) is -1.87. The van der Waals surface area contributed by atoms with E-state index in [0.717, 1.165) is 6.07 Å². The monoisotopic (exact) mass is 197 g/mol. The highest BCUT2D eigenvalue weighted by Crippen LogP contribution is 2.07. The Labute approximate surface area is 80.3 Å². The lowest BCUT2D eigenvalue weighted by molar-refractivity contribution is 0.0997. The van der Waals surface area contributed by atoms with E-state index in [1.165, 1.54) is 6.07 Å². The fourth-order valence-electron chi connectivity index (χ4n) is 1.23. The highest BCUT2D eigenvalue weighted by molar-refractivity contribution is 6.60. The van der Waals surface area contributed by atoms with Gasteiger partial charge in [0.2, 0.25) is 0 Å². The number of nitrogens with two attached hydrogens (primary N) is 1. The average molecular weight is 197 g/mol. The molecule has 0 aliphatic carbocycles. The van der Waals surface area contributed by atoms with Gasteiger partial charge in [-0.15, -0.1) is 0 Å². The molecule has 14 heavy (non-hydrogen) atoms. The molecule has 4 N–H and O–H groups in total. The fourth-order valence-corrected chi connectivity index (χ4v) is 1.23. The fraction of sp³-hybridized carbons (Fsp3) is 0.125. The van der Waals surface area contributed by atoms with E-state index in [4.69, 9.17) is 15.8 Å². The van der Waals surface area contributed by atoms with Gasteiger partial charge >= 0.3 is 7.12 Å². The zero-order valence-electron chi connectivity index (χ0n) is 7.49. The molecule has 0 aromatic heterocycles. The third-order valence-corrected chi connectivity index (χ3v) is 1.79. The van der Waals surface area contributed by atoms with Gasteiger partial charge in [-0.1, -0.05) is 6.07 Å². The van der Waals surface area contributed by atoms with Crippen molar-refractivity contribution in [1.29, 1.82) is 0 Å². The predicted molar refractivity (Wildman–Crippen MR) is 49.5 cm³/mol. The molecule has 0 aliphatic rings. The Morgan fingerprint density at radius 2 is 2.07 bits per heavy atom. The molecule has 0 fully saturated rings. The highest BCUT2D eigenvalue weighted by Gasteiger charge is 2.22. The molecule has 4 nitrogen and oxygen atoms in total. The molecule has 0 radical (unpaired) electrons. The van der Waals surface area contributed by atoms with Crippen molar-refractivity contribution in [3.63, 3.8) is 0 Å². The normalized spacial score (nSPS) is 10.0. The minimum Gasteiger partial charge on any atom is -0.423 e. The molecule has 0 saturated carbocycles. The minimum absolute atomic E-state index is 0.213. The summed E-state index contributed by atoms with van der Waals surface area (Å²) in [5, 5.41) is 17.8. The van der Waals surface area contributed by atoms with Gasteiger partial charge in [0.1, 0.15) is 5.82 Å². The van der Waals surface area contributed by atoms with Gasteiger partial charge in [-0.25, -0.2) is 4.39 Å². The summed E-state index contributed by atoms with van der Waals surface area (Å²) in [4.78, 5) is 10.8. The third kappa shape index (κ3) is 1.91. The van der Waals surface area contributed by atoms with E-state index < -0.39 is 24.4 Å². The van der Waals surface area contributed by atoms with Crippen LogP contribution in [-0.2, 0) is 0 Å². The van der Waals surface area contributed by atoms with Crippen LogP contribution in [0.25, 0.3) is 0 Å². The Morgan fingerprint density at radius 3 is 2.50 bits per heavy atom. The van der Waals surface area contributed by atoms with Crippen molar-refractivity contribution in [2.45, 2.75) is 6.92 Å². The zero-order valence-corrected chi connectivity index (χ0v) is 7.49. The minimum atomic E-state index is -1.91. The van der Waals surface area contributed by atoms with E-state index in [9.17, 15) is 9.18 Å². The Hall–Kier alpha value is -1.40. The van der Waals surface area contributed by atoms with Gasteiger partial charge in [-0.05, 0) is 24.0 Å². The van der Waals surface area contributed by atoms with Crippen LogP contribution in [0.2, 0.25) is 0 Å². The second-order valence-electron chi connectivity index (χ2n) is 2.95. The first-order chi connectivity index (χ1) is 6.43. The van der Waals surface area contributed by atoms with Gasteiger partial charge in [0, 0.05) is 0 Å². The van der Waals surface area contributed by atoms with Gasteiger partial charge in [-0.2, -0.15) is 0 Å². The maximum absolute atomic E-state index is 13.2. The highest BCUT2D eigenvalue weighted by atomic mass is 19.1. The lowest BCUT2D eigenvalue weighted by atomic mass is 9.76. The molecule has 1 amide bonds. The molecule has 0 aliphatic heterocycles. The average Bonchev–Trinajstić information content (AvgIpc) is 2.01. The number of rotatable bonds is 2. The summed E-state index contributed by atoms with van der Waals surface area (Å²) in [6.07, 6.45) is 0. The van der Waals surface area contributed by atoms with Crippen LogP contribution in [0.3, 0.4) is 0 Å². The Kier molecular flexibility index (Phi) is 2.88. The molecule has 0 saturated heterocycles. The molecule has 1 aromatic rings. The van der Waals surface area contributed by atoms with E-state index in [0.29, 0.717) is 5.56 Å². The first kappa shape index (κ1) is 10.7. The molecule has 6 heteroatoms. The maximum Gasteiger partial charge on any atom is 0.489 e. The number of hydrogen-bond acceptors (Lipinski definition) is 3. The van der Waals surface area contributed by atoms with Crippen LogP contribution in [0, 0.1) is 12.7 Å². The predicted octanol–water partition coefficient (Wildman–Crippen LogP) is -1.09. The maximum atomic E-state index is 13.2. The molecule has 1 rings (SSSR count). The SMILES string of the molecule is Cc1cc(F)c(C(N)=O)c(B(O)O)c1. The van der Waals surface area contributed by atoms with Crippen molar-refractivity contribution in [2.24, 2.45) is 5.73 Å². The number of halogens is 1. The van der Waals surface area contributed by atoms with Gasteiger partial charge in [0.25, 0.3) is 5.91 Å². The van der Waals surface area contributed by atoms with Crippen molar-refractivity contribution in [1.82, 2.24) is 0 Å². The first-order valence-corrected chi connectivity index (χ1v) is 3.89. The van der Waals surface area contributed by atoms with E-state index >= 15 is 0 Å². The number of primary amides is 1. The standard InChI is InChI=1S/C8H9BFNO3/c1-4-2-5(9(13)14)7(8(11)12)6(10)3-4/h2-3,13-14H,1H3,(H2,11,12). The van der Waals surface area contributed by atoms with Crippen LogP contribution >= 0.6 is 0 Å². The Balaban J connectivity index is 3.44. The number of amides is 1. The van der Waals surface area contributed by atoms with E-state index in [1.807, 2.05) is 0 Å². The van der Waals surface area contributed by atoms with Crippen molar-refractivity contribution in [3.8, 4) is 0 Å². The molecule has 0 atom stereocenters. The van der Waals surface area contributed by atoms with Gasteiger partial charge < -0.3 is 15.8 Å². The molecule has 0 spiro atoms. The van der Waals surface area contributed by atoms with Crippen molar-refractivity contribution in [2.75, 3.05) is 0 Å². The van der Waals surface area contributed by atoms with E-state index in [1.54, 1.807) is 6.92 Å². The summed E-state index contributed by atoms with van der Waals surface area (Å²) in [5.41, 5.74) is 4.69. The van der Waals surface area contributed by atoms with Crippen LogP contribution in [0.4, 0.5) is 4.39 Å². The number of aryl methyl sites for hydroxylation is 1. The quantitative estimate of drug-likeness (QED) is 0.527. The van der Waals surface area contributed by atoms with E-state index in [2.05, 4.69) is 0 Å². The first-order valence-electron chi connectivity index (χ1n) is 3.89. The van der Waals surface area contributed by atoms with Gasteiger partial charge in [0.05, 0.1) is 5.56 Å². The molecule has 0 bridgehead atoms. The smallest absolute Gasteiger partial charge is 0.423 e. The second-order valence-corrected chi connectivity index (χ2v) is 2.95. The number of benzene rings is 1. The summed E-state index contributed by atoms with van der Waals surface area (Å²) in [6, 6.07) is 2.40. The Bertz CT molecular complexity index is 381. The number of carbonyl (C=O) groups excluding carboxylic acids is 1. The second kappa shape index (κ2) is 3.77.